The molecule has 16 heavy (non-hydrogen) atoms. The molecule has 1 aromatic rings. The Kier molecular flexibility index (Phi) is 5.39. The summed E-state index contributed by atoms with van der Waals surface area (Å²) < 4.78 is 25.7. The summed E-state index contributed by atoms with van der Waals surface area (Å²) in [6, 6.07) is 4.19. The molecule has 0 spiro atoms. The Morgan fingerprint density at radius 3 is 2.69 bits per heavy atom. The minimum Gasteiger partial charge on any atom is -0.308 e. The number of halogens is 1. The zero-order valence-electron chi connectivity index (χ0n) is 9.16. The van der Waals surface area contributed by atoms with Gasteiger partial charge in [-0.25, -0.2) is 13.1 Å². The molecule has 0 saturated heterocycles. The van der Waals surface area contributed by atoms with Gasteiger partial charge in [0.2, 0.25) is 10.0 Å². The molecule has 0 aliphatic carbocycles. The number of sulfonamides is 1. The van der Waals surface area contributed by atoms with Gasteiger partial charge in [0.15, 0.2) is 0 Å². The molecule has 0 radical (unpaired) electrons. The molecule has 1 heterocycles. The quantitative estimate of drug-likeness (QED) is 0.836. The van der Waals surface area contributed by atoms with Crippen molar-refractivity contribution in [2.45, 2.75) is 13.0 Å². The highest BCUT2D eigenvalue weighted by Crippen LogP contribution is 2.26. The normalized spacial score (nSPS) is 13.9. The van der Waals surface area contributed by atoms with E-state index < -0.39 is 10.0 Å². The molecule has 0 bridgehead atoms. The first-order valence-corrected chi connectivity index (χ1v) is 8.10. The average molecular weight is 327 g/mol. The molecule has 92 valence electrons. The van der Waals surface area contributed by atoms with Crippen molar-refractivity contribution in [3.63, 3.8) is 0 Å². The zero-order valence-corrected chi connectivity index (χ0v) is 12.4. The molecule has 0 aromatic carbocycles. The van der Waals surface area contributed by atoms with Crippen molar-refractivity contribution >= 4 is 37.3 Å². The van der Waals surface area contributed by atoms with Gasteiger partial charge in [0.05, 0.1) is 9.54 Å². The number of hydrogen-bond donors (Lipinski definition) is 2. The fourth-order valence-corrected chi connectivity index (χ4v) is 3.21. The summed E-state index contributed by atoms with van der Waals surface area (Å²) >= 11 is 5.05. The first-order chi connectivity index (χ1) is 7.44. The van der Waals surface area contributed by atoms with Crippen LogP contribution in [0.4, 0.5) is 0 Å². The van der Waals surface area contributed by atoms with Crippen LogP contribution in [-0.4, -0.2) is 27.8 Å². The Bertz CT molecular complexity index is 430. The lowest BCUT2D eigenvalue weighted by Gasteiger charge is -2.11. The molecule has 0 fully saturated rings. The van der Waals surface area contributed by atoms with Crippen LogP contribution in [0.15, 0.2) is 15.9 Å². The maximum Gasteiger partial charge on any atom is 0.212 e. The predicted molar refractivity (Wildman–Crippen MR) is 71.3 cm³/mol. The SMILES string of the molecule is CNS(=O)(=O)CCNC(C)c1ccc(Br)s1. The van der Waals surface area contributed by atoms with E-state index in [0.717, 1.165) is 3.79 Å². The monoisotopic (exact) mass is 326 g/mol. The van der Waals surface area contributed by atoms with E-state index in [2.05, 4.69) is 26.0 Å². The van der Waals surface area contributed by atoms with Crippen LogP contribution in [0.1, 0.15) is 17.8 Å². The van der Waals surface area contributed by atoms with Crippen molar-refractivity contribution in [3.05, 3.63) is 20.8 Å². The molecule has 4 nitrogen and oxygen atoms in total. The molecular weight excluding hydrogens is 312 g/mol. The van der Waals surface area contributed by atoms with E-state index in [1.165, 1.54) is 11.9 Å². The van der Waals surface area contributed by atoms with Crippen molar-refractivity contribution in [1.82, 2.24) is 10.0 Å². The summed E-state index contributed by atoms with van der Waals surface area (Å²) in [7, 11) is -1.68. The van der Waals surface area contributed by atoms with Crippen LogP contribution in [0, 0.1) is 0 Å². The van der Waals surface area contributed by atoms with Gasteiger partial charge in [-0.05, 0) is 42.0 Å². The Hall–Kier alpha value is 0.0500. The number of thiophene rings is 1. The largest absolute Gasteiger partial charge is 0.308 e. The van der Waals surface area contributed by atoms with E-state index in [9.17, 15) is 8.42 Å². The minimum absolute atomic E-state index is 0.0976. The fraction of sp³-hybridized carbons (Fsp3) is 0.556. The smallest absolute Gasteiger partial charge is 0.212 e. The van der Waals surface area contributed by atoms with Crippen LogP contribution in [0.3, 0.4) is 0 Å². The minimum atomic E-state index is -3.11. The highest BCUT2D eigenvalue weighted by Gasteiger charge is 2.10. The third-order valence-corrected chi connectivity index (χ3v) is 5.32. The van der Waals surface area contributed by atoms with E-state index >= 15 is 0 Å². The van der Waals surface area contributed by atoms with Crippen LogP contribution in [0.5, 0.6) is 0 Å². The molecule has 0 amide bonds. The van der Waals surface area contributed by atoms with E-state index in [0.29, 0.717) is 6.54 Å². The summed E-state index contributed by atoms with van der Waals surface area (Å²) in [5, 5.41) is 3.17. The third kappa shape index (κ3) is 4.50. The van der Waals surface area contributed by atoms with Crippen LogP contribution in [0.2, 0.25) is 0 Å². The molecule has 1 rings (SSSR count). The Labute approximate surface area is 109 Å². The van der Waals surface area contributed by atoms with Crippen molar-refractivity contribution in [1.29, 1.82) is 0 Å². The zero-order chi connectivity index (χ0) is 12.2. The Morgan fingerprint density at radius 2 is 2.19 bits per heavy atom. The van der Waals surface area contributed by atoms with Gasteiger partial charge < -0.3 is 5.32 Å². The van der Waals surface area contributed by atoms with Gasteiger partial charge >= 0.3 is 0 Å². The highest BCUT2D eigenvalue weighted by molar-refractivity contribution is 9.11. The second-order valence-corrected chi connectivity index (χ2v) is 7.88. The molecule has 0 aliphatic rings. The highest BCUT2D eigenvalue weighted by atomic mass is 79.9. The van der Waals surface area contributed by atoms with Crippen LogP contribution in [-0.2, 0) is 10.0 Å². The maximum atomic E-state index is 11.2. The van der Waals surface area contributed by atoms with Crippen LogP contribution >= 0.6 is 27.3 Å². The maximum absolute atomic E-state index is 11.2. The Morgan fingerprint density at radius 1 is 1.50 bits per heavy atom. The van der Waals surface area contributed by atoms with E-state index in [-0.39, 0.29) is 11.8 Å². The van der Waals surface area contributed by atoms with Gasteiger partial charge in [-0.3, -0.25) is 0 Å². The van der Waals surface area contributed by atoms with Crippen molar-refractivity contribution < 1.29 is 8.42 Å². The average Bonchev–Trinajstić information content (AvgIpc) is 2.64. The van der Waals surface area contributed by atoms with Crippen LogP contribution in [0.25, 0.3) is 0 Å². The second kappa shape index (κ2) is 6.11. The predicted octanol–water partition coefficient (Wildman–Crippen LogP) is 1.71. The van der Waals surface area contributed by atoms with E-state index in [1.54, 1.807) is 11.3 Å². The lowest BCUT2D eigenvalue weighted by molar-refractivity contribution is 0.570. The van der Waals surface area contributed by atoms with Gasteiger partial charge in [-0.2, -0.15) is 0 Å². The lowest BCUT2D eigenvalue weighted by Crippen LogP contribution is -2.30. The van der Waals surface area contributed by atoms with Gasteiger partial charge in [-0.1, -0.05) is 0 Å². The summed E-state index contributed by atoms with van der Waals surface area (Å²) in [5.74, 6) is 0.0976. The first kappa shape index (κ1) is 14.1. The molecule has 0 aliphatic heterocycles. The first-order valence-electron chi connectivity index (χ1n) is 4.84. The van der Waals surface area contributed by atoms with Gasteiger partial charge in [0.1, 0.15) is 0 Å². The standard InChI is InChI=1S/C9H15BrN2O2S2/c1-7(8-3-4-9(10)15-8)12-5-6-16(13,14)11-2/h3-4,7,11-12H,5-6H2,1-2H3. The molecule has 1 atom stereocenters. The number of hydrogen-bond acceptors (Lipinski definition) is 4. The third-order valence-electron chi connectivity index (χ3n) is 2.15. The molecule has 0 saturated carbocycles. The van der Waals surface area contributed by atoms with Crippen LogP contribution < -0.4 is 10.0 Å². The number of rotatable bonds is 6. The summed E-state index contributed by atoms with van der Waals surface area (Å²) in [6.45, 7) is 2.46. The lowest BCUT2D eigenvalue weighted by atomic mass is 10.3. The molecule has 7 heteroatoms. The van der Waals surface area contributed by atoms with Crippen molar-refractivity contribution in [2.75, 3.05) is 19.3 Å². The van der Waals surface area contributed by atoms with E-state index in [1.807, 2.05) is 19.1 Å². The molecule has 1 unspecified atom stereocenters. The fourth-order valence-electron chi connectivity index (χ4n) is 1.17. The van der Waals surface area contributed by atoms with Gasteiger partial charge in [0, 0.05) is 17.5 Å². The molecule has 1 aromatic heterocycles. The summed E-state index contributed by atoms with van der Waals surface area (Å²) in [4.78, 5) is 1.19. The van der Waals surface area contributed by atoms with E-state index in [4.69, 9.17) is 0 Å². The number of nitrogens with one attached hydrogen (secondary N) is 2. The molecular formula is C9H15BrN2O2S2. The van der Waals surface area contributed by atoms with Crippen molar-refractivity contribution in [2.24, 2.45) is 0 Å². The second-order valence-electron chi connectivity index (χ2n) is 3.34. The summed E-state index contributed by atoms with van der Waals surface area (Å²) in [6.07, 6.45) is 0. The summed E-state index contributed by atoms with van der Waals surface area (Å²) in [5.41, 5.74) is 0. The van der Waals surface area contributed by atoms with Gasteiger partial charge in [0.25, 0.3) is 0 Å². The van der Waals surface area contributed by atoms with Crippen molar-refractivity contribution in [3.8, 4) is 0 Å². The Balaban J connectivity index is 2.39. The molecule has 2 N–H and O–H groups in total. The van der Waals surface area contributed by atoms with Gasteiger partial charge in [-0.15, -0.1) is 11.3 Å². The topological polar surface area (TPSA) is 58.2 Å².